The SMILES string of the molecule is CCC1C2CNCC2CN1C(=O)c1ccncc1. The van der Waals surface area contributed by atoms with Crippen molar-refractivity contribution in [1.82, 2.24) is 15.2 Å². The van der Waals surface area contributed by atoms with Gasteiger partial charge in [0.05, 0.1) is 0 Å². The molecule has 0 radical (unpaired) electrons. The molecule has 2 aliphatic heterocycles. The van der Waals surface area contributed by atoms with Crippen LogP contribution in [0, 0.1) is 11.8 Å². The second-order valence-electron chi connectivity index (χ2n) is 5.25. The van der Waals surface area contributed by atoms with Gasteiger partial charge in [0.15, 0.2) is 0 Å². The molecule has 4 heteroatoms. The molecule has 2 saturated heterocycles. The summed E-state index contributed by atoms with van der Waals surface area (Å²) in [6.07, 6.45) is 4.42. The highest BCUT2D eigenvalue weighted by Gasteiger charge is 2.45. The normalized spacial score (nSPS) is 30.5. The lowest BCUT2D eigenvalue weighted by Crippen LogP contribution is -2.39. The Kier molecular flexibility index (Phi) is 3.04. The van der Waals surface area contributed by atoms with E-state index in [2.05, 4.69) is 22.1 Å². The summed E-state index contributed by atoms with van der Waals surface area (Å²) in [5.74, 6) is 1.44. The van der Waals surface area contributed by atoms with Crippen LogP contribution < -0.4 is 5.32 Å². The highest BCUT2D eigenvalue weighted by atomic mass is 16.2. The fraction of sp³-hybridized carbons (Fsp3) is 0.571. The number of amides is 1. The van der Waals surface area contributed by atoms with Crippen LogP contribution in [0.4, 0.5) is 0 Å². The van der Waals surface area contributed by atoms with Crippen LogP contribution in [-0.4, -0.2) is 41.5 Å². The van der Waals surface area contributed by atoms with Crippen LogP contribution in [0.1, 0.15) is 23.7 Å². The molecule has 1 aromatic heterocycles. The van der Waals surface area contributed by atoms with Crippen molar-refractivity contribution in [2.75, 3.05) is 19.6 Å². The van der Waals surface area contributed by atoms with Gasteiger partial charge in [-0.25, -0.2) is 0 Å². The summed E-state index contributed by atoms with van der Waals surface area (Å²) in [7, 11) is 0. The van der Waals surface area contributed by atoms with Gasteiger partial charge in [0.2, 0.25) is 0 Å². The molecule has 1 aromatic rings. The first-order valence-electron chi connectivity index (χ1n) is 6.73. The molecule has 0 bridgehead atoms. The maximum absolute atomic E-state index is 12.5. The van der Waals surface area contributed by atoms with Crippen molar-refractivity contribution in [3.63, 3.8) is 0 Å². The highest BCUT2D eigenvalue weighted by molar-refractivity contribution is 5.94. The molecule has 0 spiro atoms. The summed E-state index contributed by atoms with van der Waals surface area (Å²) in [6.45, 7) is 5.19. The number of nitrogens with one attached hydrogen (secondary N) is 1. The number of carbonyl (C=O) groups excluding carboxylic acids is 1. The predicted molar refractivity (Wildman–Crippen MR) is 69.2 cm³/mol. The minimum atomic E-state index is 0.165. The predicted octanol–water partition coefficient (Wildman–Crippen LogP) is 1.15. The summed E-state index contributed by atoms with van der Waals surface area (Å²) in [6, 6.07) is 4.01. The molecule has 0 saturated carbocycles. The summed E-state index contributed by atoms with van der Waals surface area (Å²) in [5.41, 5.74) is 0.761. The molecule has 2 aliphatic rings. The van der Waals surface area contributed by atoms with Crippen molar-refractivity contribution in [1.29, 1.82) is 0 Å². The molecule has 0 aromatic carbocycles. The number of carbonyl (C=O) groups is 1. The second-order valence-corrected chi connectivity index (χ2v) is 5.25. The monoisotopic (exact) mass is 245 g/mol. The number of hydrogen-bond donors (Lipinski definition) is 1. The van der Waals surface area contributed by atoms with Crippen LogP contribution in [0.3, 0.4) is 0 Å². The summed E-state index contributed by atoms with van der Waals surface area (Å²) >= 11 is 0. The molecule has 2 fully saturated rings. The van der Waals surface area contributed by atoms with E-state index in [1.165, 1.54) is 0 Å². The molecule has 0 aliphatic carbocycles. The maximum atomic E-state index is 12.5. The Balaban J connectivity index is 1.82. The number of likely N-dealkylation sites (tertiary alicyclic amines) is 1. The van der Waals surface area contributed by atoms with E-state index in [1.54, 1.807) is 24.5 Å². The molecule has 3 heterocycles. The Bertz CT molecular complexity index is 434. The third-order valence-corrected chi connectivity index (χ3v) is 4.32. The van der Waals surface area contributed by atoms with Gasteiger partial charge in [-0.2, -0.15) is 0 Å². The Morgan fingerprint density at radius 2 is 2.22 bits per heavy atom. The summed E-state index contributed by atoms with van der Waals surface area (Å²) < 4.78 is 0. The summed E-state index contributed by atoms with van der Waals surface area (Å²) in [4.78, 5) is 18.6. The Hall–Kier alpha value is -1.42. The number of rotatable bonds is 2. The molecule has 96 valence electrons. The number of pyridine rings is 1. The van der Waals surface area contributed by atoms with Crippen molar-refractivity contribution in [2.24, 2.45) is 11.8 Å². The van der Waals surface area contributed by atoms with Crippen molar-refractivity contribution in [3.05, 3.63) is 30.1 Å². The third-order valence-electron chi connectivity index (χ3n) is 4.32. The molecule has 3 atom stereocenters. The van der Waals surface area contributed by atoms with E-state index < -0.39 is 0 Å². The first-order chi connectivity index (χ1) is 8.81. The average Bonchev–Trinajstić information content (AvgIpc) is 2.98. The van der Waals surface area contributed by atoms with E-state index >= 15 is 0 Å². The lowest BCUT2D eigenvalue weighted by atomic mass is 9.93. The van der Waals surface area contributed by atoms with Gasteiger partial charge >= 0.3 is 0 Å². The van der Waals surface area contributed by atoms with Gasteiger partial charge in [0.25, 0.3) is 5.91 Å². The van der Waals surface area contributed by atoms with Gasteiger partial charge in [0, 0.05) is 43.6 Å². The van der Waals surface area contributed by atoms with Crippen LogP contribution in [0.15, 0.2) is 24.5 Å². The van der Waals surface area contributed by atoms with Crippen LogP contribution in [0.25, 0.3) is 0 Å². The Labute approximate surface area is 107 Å². The van der Waals surface area contributed by atoms with Gasteiger partial charge < -0.3 is 10.2 Å². The molecule has 3 unspecified atom stereocenters. The maximum Gasteiger partial charge on any atom is 0.254 e. The molecular weight excluding hydrogens is 226 g/mol. The molecule has 18 heavy (non-hydrogen) atoms. The molecule has 4 nitrogen and oxygen atoms in total. The van der Waals surface area contributed by atoms with Gasteiger partial charge in [-0.05, 0) is 30.4 Å². The zero-order valence-corrected chi connectivity index (χ0v) is 10.7. The van der Waals surface area contributed by atoms with E-state index in [0.717, 1.165) is 31.6 Å². The lowest BCUT2D eigenvalue weighted by Gasteiger charge is -2.27. The van der Waals surface area contributed by atoms with Crippen molar-refractivity contribution >= 4 is 5.91 Å². The van der Waals surface area contributed by atoms with Crippen molar-refractivity contribution in [3.8, 4) is 0 Å². The quantitative estimate of drug-likeness (QED) is 0.850. The van der Waals surface area contributed by atoms with Gasteiger partial charge in [-0.15, -0.1) is 0 Å². The molecule has 3 rings (SSSR count). The Morgan fingerprint density at radius 3 is 2.94 bits per heavy atom. The largest absolute Gasteiger partial charge is 0.335 e. The summed E-state index contributed by atoms with van der Waals surface area (Å²) in [5, 5.41) is 3.44. The van der Waals surface area contributed by atoms with Crippen molar-refractivity contribution in [2.45, 2.75) is 19.4 Å². The lowest BCUT2D eigenvalue weighted by molar-refractivity contribution is 0.0711. The number of aromatic nitrogens is 1. The molecule has 1 amide bonds. The van der Waals surface area contributed by atoms with Crippen LogP contribution >= 0.6 is 0 Å². The highest BCUT2D eigenvalue weighted by Crippen LogP contribution is 2.34. The first-order valence-corrected chi connectivity index (χ1v) is 6.73. The average molecular weight is 245 g/mol. The second kappa shape index (κ2) is 4.69. The minimum absolute atomic E-state index is 0.165. The van der Waals surface area contributed by atoms with E-state index in [0.29, 0.717) is 17.9 Å². The zero-order valence-electron chi connectivity index (χ0n) is 10.7. The van der Waals surface area contributed by atoms with E-state index in [9.17, 15) is 4.79 Å². The number of hydrogen-bond acceptors (Lipinski definition) is 3. The zero-order chi connectivity index (χ0) is 12.5. The Morgan fingerprint density at radius 1 is 1.44 bits per heavy atom. The van der Waals surface area contributed by atoms with Gasteiger partial charge in [0.1, 0.15) is 0 Å². The fourth-order valence-electron chi connectivity index (χ4n) is 3.44. The standard InChI is InChI=1S/C14H19N3O/c1-2-13-12-8-16-7-11(12)9-17(13)14(18)10-3-5-15-6-4-10/h3-6,11-13,16H,2,7-9H2,1H3. The van der Waals surface area contributed by atoms with E-state index in [-0.39, 0.29) is 5.91 Å². The van der Waals surface area contributed by atoms with Gasteiger partial charge in [-0.3, -0.25) is 9.78 Å². The van der Waals surface area contributed by atoms with E-state index in [1.807, 2.05) is 0 Å². The topological polar surface area (TPSA) is 45.2 Å². The fourth-order valence-corrected chi connectivity index (χ4v) is 3.44. The van der Waals surface area contributed by atoms with Crippen LogP contribution in [0.2, 0.25) is 0 Å². The number of nitrogens with zero attached hydrogens (tertiary/aromatic N) is 2. The minimum Gasteiger partial charge on any atom is -0.335 e. The van der Waals surface area contributed by atoms with E-state index in [4.69, 9.17) is 0 Å². The van der Waals surface area contributed by atoms with Crippen LogP contribution in [0.5, 0.6) is 0 Å². The third kappa shape index (κ3) is 1.81. The molecular formula is C14H19N3O. The molecule has 1 N–H and O–H groups in total. The first kappa shape index (κ1) is 11.7. The van der Waals surface area contributed by atoms with Gasteiger partial charge in [-0.1, -0.05) is 6.92 Å². The smallest absolute Gasteiger partial charge is 0.254 e. The van der Waals surface area contributed by atoms with Crippen molar-refractivity contribution < 1.29 is 4.79 Å². The number of fused-ring (bicyclic) bond motifs is 1. The van der Waals surface area contributed by atoms with Crippen LogP contribution in [-0.2, 0) is 0 Å².